The lowest BCUT2D eigenvalue weighted by Gasteiger charge is -2.11. The molecule has 1 N–H and O–H groups in total. The molecule has 1 heterocycles. The Balaban J connectivity index is 1.49. The maximum Gasteiger partial charge on any atom is 0.223 e. The highest BCUT2D eigenvalue weighted by molar-refractivity contribution is 7.09. The molecule has 1 amide bonds. The van der Waals surface area contributed by atoms with E-state index in [0.717, 1.165) is 35.4 Å². The average Bonchev–Trinajstić information content (AvgIpc) is 2.71. The second-order valence-electron chi connectivity index (χ2n) is 5.00. The lowest BCUT2D eigenvalue weighted by Crippen LogP contribution is -2.29. The van der Waals surface area contributed by atoms with Crippen LogP contribution in [-0.2, 0) is 11.3 Å². The SMILES string of the molecule is Cc1nc(CNC(=O)C2CC3CC3C2)cs1. The van der Waals surface area contributed by atoms with E-state index in [4.69, 9.17) is 0 Å². The topological polar surface area (TPSA) is 42.0 Å². The van der Waals surface area contributed by atoms with E-state index < -0.39 is 0 Å². The molecule has 4 heteroatoms. The molecule has 86 valence electrons. The van der Waals surface area contributed by atoms with Crippen LogP contribution >= 0.6 is 11.3 Å². The normalized spacial score (nSPS) is 31.2. The molecule has 0 saturated heterocycles. The lowest BCUT2D eigenvalue weighted by atomic mass is 10.0. The van der Waals surface area contributed by atoms with Crippen LogP contribution in [-0.4, -0.2) is 10.9 Å². The predicted molar refractivity (Wildman–Crippen MR) is 63.0 cm³/mol. The van der Waals surface area contributed by atoms with Gasteiger partial charge in [-0.15, -0.1) is 11.3 Å². The van der Waals surface area contributed by atoms with Gasteiger partial charge in [-0.1, -0.05) is 0 Å². The van der Waals surface area contributed by atoms with Crippen LogP contribution in [0.5, 0.6) is 0 Å². The van der Waals surface area contributed by atoms with Crippen LogP contribution in [0.25, 0.3) is 0 Å². The minimum Gasteiger partial charge on any atom is -0.350 e. The first-order valence-electron chi connectivity index (χ1n) is 5.91. The molecule has 3 rings (SSSR count). The summed E-state index contributed by atoms with van der Waals surface area (Å²) in [7, 11) is 0. The predicted octanol–water partition coefficient (Wildman–Crippen LogP) is 2.11. The molecule has 0 spiro atoms. The van der Waals surface area contributed by atoms with Crippen LogP contribution in [0, 0.1) is 24.7 Å². The van der Waals surface area contributed by atoms with Gasteiger partial charge in [0.1, 0.15) is 0 Å². The van der Waals surface area contributed by atoms with E-state index in [9.17, 15) is 4.79 Å². The Morgan fingerprint density at radius 1 is 1.50 bits per heavy atom. The number of nitrogens with zero attached hydrogens (tertiary/aromatic N) is 1. The number of carbonyl (C=O) groups is 1. The molecule has 2 atom stereocenters. The van der Waals surface area contributed by atoms with Gasteiger partial charge in [-0.2, -0.15) is 0 Å². The molecular formula is C12H16N2OS. The number of rotatable bonds is 3. The Morgan fingerprint density at radius 2 is 2.25 bits per heavy atom. The second-order valence-corrected chi connectivity index (χ2v) is 6.06. The molecule has 2 aliphatic carbocycles. The maximum absolute atomic E-state index is 11.9. The fourth-order valence-corrected chi connectivity index (χ4v) is 3.35. The second kappa shape index (κ2) is 3.84. The monoisotopic (exact) mass is 236 g/mol. The van der Waals surface area contributed by atoms with Crippen molar-refractivity contribution in [1.29, 1.82) is 0 Å². The van der Waals surface area contributed by atoms with Gasteiger partial charge in [0.2, 0.25) is 5.91 Å². The van der Waals surface area contributed by atoms with Crippen LogP contribution in [0.1, 0.15) is 30.0 Å². The van der Waals surface area contributed by atoms with Gasteiger partial charge in [0.25, 0.3) is 0 Å². The van der Waals surface area contributed by atoms with Crippen LogP contribution in [0.15, 0.2) is 5.38 Å². The zero-order valence-corrected chi connectivity index (χ0v) is 10.2. The Labute approximate surface area is 99.3 Å². The molecule has 0 bridgehead atoms. The zero-order chi connectivity index (χ0) is 11.1. The van der Waals surface area contributed by atoms with Crippen molar-refractivity contribution in [2.24, 2.45) is 17.8 Å². The number of fused-ring (bicyclic) bond motifs is 1. The van der Waals surface area contributed by atoms with E-state index in [1.165, 1.54) is 6.42 Å². The van der Waals surface area contributed by atoms with Gasteiger partial charge in [-0.05, 0) is 38.0 Å². The maximum atomic E-state index is 11.9. The van der Waals surface area contributed by atoms with Crippen molar-refractivity contribution in [3.63, 3.8) is 0 Å². The van der Waals surface area contributed by atoms with Crippen molar-refractivity contribution in [3.05, 3.63) is 16.1 Å². The van der Waals surface area contributed by atoms with E-state index in [1.807, 2.05) is 12.3 Å². The lowest BCUT2D eigenvalue weighted by molar-refractivity contribution is -0.125. The third kappa shape index (κ3) is 1.98. The number of aryl methyl sites for hydroxylation is 1. The van der Waals surface area contributed by atoms with Gasteiger partial charge in [0.05, 0.1) is 17.2 Å². The molecule has 1 aromatic rings. The number of thiazole rings is 1. The van der Waals surface area contributed by atoms with E-state index in [0.29, 0.717) is 6.54 Å². The van der Waals surface area contributed by atoms with E-state index in [2.05, 4.69) is 10.3 Å². The third-order valence-corrected chi connectivity index (χ3v) is 4.55. The molecule has 2 fully saturated rings. The molecule has 16 heavy (non-hydrogen) atoms. The van der Waals surface area contributed by atoms with Crippen molar-refractivity contribution >= 4 is 17.2 Å². The van der Waals surface area contributed by atoms with Gasteiger partial charge in [-0.3, -0.25) is 4.79 Å². The molecule has 2 saturated carbocycles. The van der Waals surface area contributed by atoms with Gasteiger partial charge >= 0.3 is 0 Å². The summed E-state index contributed by atoms with van der Waals surface area (Å²) in [5, 5.41) is 6.08. The molecule has 1 aromatic heterocycles. The highest BCUT2D eigenvalue weighted by Gasteiger charge is 2.47. The van der Waals surface area contributed by atoms with E-state index in [1.54, 1.807) is 11.3 Å². The zero-order valence-electron chi connectivity index (χ0n) is 9.40. The molecule has 0 aromatic carbocycles. The number of aromatic nitrogens is 1. The number of hydrogen-bond donors (Lipinski definition) is 1. The number of carbonyl (C=O) groups excluding carboxylic acids is 1. The minimum absolute atomic E-state index is 0.234. The summed E-state index contributed by atoms with van der Waals surface area (Å²) in [5.41, 5.74) is 0.985. The molecule has 0 aliphatic heterocycles. The summed E-state index contributed by atoms with van der Waals surface area (Å²) in [6.07, 6.45) is 3.61. The highest BCUT2D eigenvalue weighted by Crippen LogP contribution is 2.54. The van der Waals surface area contributed by atoms with E-state index in [-0.39, 0.29) is 11.8 Å². The standard InChI is InChI=1S/C12H16N2OS/c1-7-14-11(6-16-7)5-13-12(15)10-3-8-2-9(8)4-10/h6,8-10H,2-5H2,1H3,(H,13,15). The summed E-state index contributed by atoms with van der Waals surface area (Å²) in [4.78, 5) is 16.2. The van der Waals surface area contributed by atoms with Crippen molar-refractivity contribution in [2.75, 3.05) is 0 Å². The Bertz CT molecular complexity index is 405. The molecule has 0 radical (unpaired) electrons. The van der Waals surface area contributed by atoms with Crippen molar-refractivity contribution in [1.82, 2.24) is 10.3 Å². The number of nitrogens with one attached hydrogen (secondary N) is 1. The van der Waals surface area contributed by atoms with Crippen molar-refractivity contribution in [2.45, 2.75) is 32.7 Å². The first-order chi connectivity index (χ1) is 7.72. The molecule has 2 aliphatic rings. The summed E-state index contributed by atoms with van der Waals surface area (Å²) in [6.45, 7) is 2.58. The van der Waals surface area contributed by atoms with Crippen LogP contribution in [0.4, 0.5) is 0 Å². The average molecular weight is 236 g/mol. The van der Waals surface area contributed by atoms with E-state index >= 15 is 0 Å². The summed E-state index contributed by atoms with van der Waals surface area (Å²) in [5.74, 6) is 2.26. The Morgan fingerprint density at radius 3 is 2.88 bits per heavy atom. The van der Waals surface area contributed by atoms with Gasteiger partial charge < -0.3 is 5.32 Å². The molecular weight excluding hydrogens is 220 g/mol. The Kier molecular flexibility index (Phi) is 2.46. The first kappa shape index (κ1) is 10.3. The molecule has 3 nitrogen and oxygen atoms in total. The number of amides is 1. The van der Waals surface area contributed by atoms with Crippen molar-refractivity contribution < 1.29 is 4.79 Å². The van der Waals surface area contributed by atoms with Crippen LogP contribution < -0.4 is 5.32 Å². The molecule has 2 unspecified atom stereocenters. The highest BCUT2D eigenvalue weighted by atomic mass is 32.1. The van der Waals surface area contributed by atoms with Crippen molar-refractivity contribution in [3.8, 4) is 0 Å². The summed E-state index contributed by atoms with van der Waals surface area (Å²) >= 11 is 1.63. The van der Waals surface area contributed by atoms with Gasteiger partial charge in [0, 0.05) is 11.3 Å². The summed E-state index contributed by atoms with van der Waals surface area (Å²) in [6, 6.07) is 0. The van der Waals surface area contributed by atoms with Crippen LogP contribution in [0.3, 0.4) is 0 Å². The smallest absolute Gasteiger partial charge is 0.223 e. The quantitative estimate of drug-likeness (QED) is 0.873. The third-order valence-electron chi connectivity index (χ3n) is 3.72. The summed E-state index contributed by atoms with van der Waals surface area (Å²) < 4.78 is 0. The fourth-order valence-electron chi connectivity index (χ4n) is 2.74. The first-order valence-corrected chi connectivity index (χ1v) is 6.79. The largest absolute Gasteiger partial charge is 0.350 e. The minimum atomic E-state index is 0.234. The van der Waals surface area contributed by atoms with Gasteiger partial charge in [-0.25, -0.2) is 4.98 Å². The number of hydrogen-bond acceptors (Lipinski definition) is 3. The fraction of sp³-hybridized carbons (Fsp3) is 0.667. The van der Waals surface area contributed by atoms with Crippen LogP contribution in [0.2, 0.25) is 0 Å². The Hall–Kier alpha value is -0.900. The van der Waals surface area contributed by atoms with Gasteiger partial charge in [0.15, 0.2) is 0 Å².